The number of carbonyl (C=O) groups excluding carboxylic acids is 1. The summed E-state index contributed by atoms with van der Waals surface area (Å²) in [5, 5.41) is 9.52. The summed E-state index contributed by atoms with van der Waals surface area (Å²) in [5.74, 6) is -0.944. The molecule has 1 aliphatic heterocycles. The first-order chi connectivity index (χ1) is 9.93. The number of nitrogens with two attached hydrogens (primary N) is 1. The molecule has 1 amide bonds. The minimum atomic E-state index is -0.843. The van der Waals surface area contributed by atoms with E-state index in [-0.39, 0.29) is 0 Å². The lowest BCUT2D eigenvalue weighted by atomic mass is 9.88. The van der Waals surface area contributed by atoms with Crippen molar-refractivity contribution in [2.45, 2.75) is 39.2 Å². The van der Waals surface area contributed by atoms with E-state index < -0.39 is 17.9 Å². The molecule has 1 aromatic rings. The van der Waals surface area contributed by atoms with Gasteiger partial charge in [0.15, 0.2) is 0 Å². The average Bonchev–Trinajstić information content (AvgIpc) is 2.46. The van der Waals surface area contributed by atoms with Gasteiger partial charge in [-0.3, -0.25) is 4.79 Å². The second-order valence-electron chi connectivity index (χ2n) is 5.73. The highest BCUT2D eigenvalue weighted by Crippen LogP contribution is 2.32. The zero-order valence-electron chi connectivity index (χ0n) is 12.5. The quantitative estimate of drug-likeness (QED) is 0.890. The van der Waals surface area contributed by atoms with Gasteiger partial charge >= 0.3 is 5.97 Å². The van der Waals surface area contributed by atoms with E-state index in [1.54, 1.807) is 6.07 Å². The summed E-state index contributed by atoms with van der Waals surface area (Å²) in [4.78, 5) is 25.0. The highest BCUT2D eigenvalue weighted by atomic mass is 16.4. The number of hydrogen-bond acceptors (Lipinski definition) is 3. The van der Waals surface area contributed by atoms with E-state index in [1.807, 2.05) is 24.0 Å². The predicted molar refractivity (Wildman–Crippen MR) is 81.5 cm³/mol. The molecule has 3 N–H and O–H groups in total. The van der Waals surface area contributed by atoms with Crippen molar-refractivity contribution in [2.24, 2.45) is 11.7 Å². The summed E-state index contributed by atoms with van der Waals surface area (Å²) < 4.78 is 0. The van der Waals surface area contributed by atoms with Crippen molar-refractivity contribution in [2.75, 3.05) is 11.4 Å². The lowest BCUT2D eigenvalue weighted by Crippen LogP contribution is -2.48. The first kappa shape index (κ1) is 15.4. The fourth-order valence-electron chi connectivity index (χ4n) is 3.02. The molecule has 0 aliphatic carbocycles. The Balaban J connectivity index is 2.41. The lowest BCUT2D eigenvalue weighted by Gasteiger charge is -2.39. The molecule has 5 nitrogen and oxygen atoms in total. The number of carbonyl (C=O) groups is 2. The van der Waals surface area contributed by atoms with Crippen LogP contribution in [0.5, 0.6) is 0 Å². The molecule has 2 unspecified atom stereocenters. The van der Waals surface area contributed by atoms with Crippen molar-refractivity contribution in [3.05, 3.63) is 29.3 Å². The van der Waals surface area contributed by atoms with Crippen LogP contribution in [0, 0.1) is 12.8 Å². The first-order valence-electron chi connectivity index (χ1n) is 7.34. The van der Waals surface area contributed by atoms with Crippen LogP contribution in [-0.4, -0.2) is 29.6 Å². The third-order valence-electron chi connectivity index (χ3n) is 4.30. The number of benzene rings is 1. The van der Waals surface area contributed by atoms with E-state index >= 15 is 0 Å². The second kappa shape index (κ2) is 6.16. The Labute approximate surface area is 124 Å². The van der Waals surface area contributed by atoms with Crippen molar-refractivity contribution in [3.63, 3.8) is 0 Å². The van der Waals surface area contributed by atoms with Crippen molar-refractivity contribution < 1.29 is 14.7 Å². The predicted octanol–water partition coefficient (Wildman–Crippen LogP) is 2.17. The molecule has 2 rings (SSSR count). The average molecular weight is 290 g/mol. The van der Waals surface area contributed by atoms with Crippen LogP contribution in [0.25, 0.3) is 0 Å². The van der Waals surface area contributed by atoms with Crippen LogP contribution in [0.2, 0.25) is 0 Å². The van der Waals surface area contributed by atoms with Gasteiger partial charge in [-0.25, -0.2) is 4.79 Å². The van der Waals surface area contributed by atoms with Gasteiger partial charge < -0.3 is 15.7 Å². The Hall–Kier alpha value is -2.04. The molecule has 1 heterocycles. The topological polar surface area (TPSA) is 83.6 Å². The van der Waals surface area contributed by atoms with Gasteiger partial charge in [0.25, 0.3) is 5.91 Å². The minimum Gasteiger partial charge on any atom is -0.480 e. The first-order valence-corrected chi connectivity index (χ1v) is 7.34. The van der Waals surface area contributed by atoms with Gasteiger partial charge in [-0.1, -0.05) is 19.4 Å². The minimum absolute atomic E-state index is 0.391. The lowest BCUT2D eigenvalue weighted by molar-refractivity contribution is -0.139. The standard InChI is InChI=1S/C16H22N2O3/c1-3-11-6-7-18(14(9-11)16(20)21)13-8-10(2)4-5-12(13)15(17)19/h4-5,8,11,14H,3,6-7,9H2,1-2H3,(H2,17,19)(H,20,21). The molecule has 114 valence electrons. The Kier molecular flexibility index (Phi) is 4.50. The van der Waals surface area contributed by atoms with Gasteiger partial charge in [0.05, 0.1) is 11.3 Å². The molecule has 2 atom stereocenters. The molecule has 1 saturated heterocycles. The maximum absolute atomic E-state index is 11.6. The number of carboxylic acids is 1. The van der Waals surface area contributed by atoms with E-state index in [4.69, 9.17) is 5.73 Å². The van der Waals surface area contributed by atoms with Gasteiger partial charge in [0.2, 0.25) is 0 Å². The number of piperidine rings is 1. The Morgan fingerprint density at radius 1 is 1.43 bits per heavy atom. The summed E-state index contributed by atoms with van der Waals surface area (Å²) in [6.45, 7) is 4.64. The number of amides is 1. The van der Waals surface area contributed by atoms with Gasteiger partial charge in [-0.05, 0) is 43.4 Å². The number of aryl methyl sites for hydroxylation is 1. The second-order valence-corrected chi connectivity index (χ2v) is 5.73. The largest absolute Gasteiger partial charge is 0.480 e. The molecular formula is C16H22N2O3. The molecule has 0 radical (unpaired) electrons. The normalized spacial score (nSPS) is 22.1. The fourth-order valence-corrected chi connectivity index (χ4v) is 3.02. The molecule has 1 fully saturated rings. The van der Waals surface area contributed by atoms with E-state index in [0.29, 0.717) is 30.1 Å². The number of rotatable bonds is 4. The maximum Gasteiger partial charge on any atom is 0.326 e. The van der Waals surface area contributed by atoms with Gasteiger partial charge in [-0.2, -0.15) is 0 Å². The summed E-state index contributed by atoms with van der Waals surface area (Å²) in [6.07, 6.45) is 2.53. The molecule has 21 heavy (non-hydrogen) atoms. The van der Waals surface area contributed by atoms with Crippen LogP contribution in [0.4, 0.5) is 5.69 Å². The zero-order valence-corrected chi connectivity index (χ0v) is 12.5. The molecule has 0 bridgehead atoms. The molecule has 0 spiro atoms. The Morgan fingerprint density at radius 2 is 2.14 bits per heavy atom. The SMILES string of the molecule is CCC1CCN(c2cc(C)ccc2C(N)=O)C(C(=O)O)C1. The van der Waals surface area contributed by atoms with Gasteiger partial charge in [0.1, 0.15) is 6.04 Å². The number of aliphatic carboxylic acids is 1. The van der Waals surface area contributed by atoms with Crippen molar-refractivity contribution in [3.8, 4) is 0 Å². The van der Waals surface area contributed by atoms with Crippen LogP contribution in [0.3, 0.4) is 0 Å². The van der Waals surface area contributed by atoms with Gasteiger partial charge in [-0.15, -0.1) is 0 Å². The number of carboxylic acid groups (broad SMARTS) is 1. The smallest absolute Gasteiger partial charge is 0.326 e. The van der Waals surface area contributed by atoms with Crippen molar-refractivity contribution in [1.29, 1.82) is 0 Å². The Morgan fingerprint density at radius 3 is 2.71 bits per heavy atom. The van der Waals surface area contributed by atoms with Crippen LogP contribution in [0.15, 0.2) is 18.2 Å². The highest BCUT2D eigenvalue weighted by Gasteiger charge is 2.34. The van der Waals surface area contributed by atoms with Crippen LogP contribution < -0.4 is 10.6 Å². The monoisotopic (exact) mass is 290 g/mol. The number of primary amides is 1. The van der Waals surface area contributed by atoms with Gasteiger partial charge in [0, 0.05) is 6.54 Å². The third-order valence-corrected chi connectivity index (χ3v) is 4.30. The highest BCUT2D eigenvalue weighted by molar-refractivity contribution is 5.99. The van der Waals surface area contributed by atoms with Crippen molar-refractivity contribution in [1.82, 2.24) is 0 Å². The van der Waals surface area contributed by atoms with E-state index in [0.717, 1.165) is 18.4 Å². The summed E-state index contributed by atoms with van der Waals surface area (Å²) in [7, 11) is 0. The summed E-state index contributed by atoms with van der Waals surface area (Å²) in [6, 6.07) is 4.75. The maximum atomic E-state index is 11.6. The molecular weight excluding hydrogens is 268 g/mol. The molecule has 5 heteroatoms. The van der Waals surface area contributed by atoms with Crippen LogP contribution >= 0.6 is 0 Å². The summed E-state index contributed by atoms with van der Waals surface area (Å²) >= 11 is 0. The fraction of sp³-hybridized carbons (Fsp3) is 0.500. The van der Waals surface area contributed by atoms with Crippen molar-refractivity contribution >= 4 is 17.6 Å². The van der Waals surface area contributed by atoms with Crippen LogP contribution in [-0.2, 0) is 4.79 Å². The van der Waals surface area contributed by atoms with Crippen LogP contribution in [0.1, 0.15) is 42.1 Å². The van der Waals surface area contributed by atoms with E-state index in [2.05, 4.69) is 6.92 Å². The molecule has 0 aromatic heterocycles. The molecule has 0 saturated carbocycles. The summed E-state index contributed by atoms with van der Waals surface area (Å²) in [5.41, 5.74) is 7.45. The molecule has 1 aliphatic rings. The Bertz CT molecular complexity index is 556. The molecule has 1 aromatic carbocycles. The van der Waals surface area contributed by atoms with E-state index in [1.165, 1.54) is 0 Å². The number of nitrogens with zero attached hydrogens (tertiary/aromatic N) is 1. The zero-order chi connectivity index (χ0) is 15.6. The number of anilines is 1. The van der Waals surface area contributed by atoms with E-state index in [9.17, 15) is 14.7 Å². The number of hydrogen-bond donors (Lipinski definition) is 2. The third kappa shape index (κ3) is 3.17.